The molecule has 0 fully saturated rings. The first-order valence-electron chi connectivity index (χ1n) is 9.81. The number of nitrogens with zero attached hydrogens (tertiary/aromatic N) is 3. The van der Waals surface area contributed by atoms with Crippen molar-refractivity contribution in [3.8, 4) is 5.88 Å². The van der Waals surface area contributed by atoms with Crippen molar-refractivity contribution in [1.82, 2.24) is 14.8 Å². The predicted molar refractivity (Wildman–Crippen MR) is 114 cm³/mol. The van der Waals surface area contributed by atoms with E-state index in [0.717, 1.165) is 33.3 Å². The highest BCUT2D eigenvalue weighted by Gasteiger charge is 2.20. The van der Waals surface area contributed by atoms with Crippen LogP contribution >= 0.6 is 0 Å². The second-order valence-electron chi connectivity index (χ2n) is 7.10. The lowest BCUT2D eigenvalue weighted by Crippen LogP contribution is -2.06. The van der Waals surface area contributed by atoms with Gasteiger partial charge in [-0.1, -0.05) is 60.7 Å². The summed E-state index contributed by atoms with van der Waals surface area (Å²) < 4.78 is 13.5. The summed E-state index contributed by atoms with van der Waals surface area (Å²) in [6.45, 7) is 4.65. The van der Waals surface area contributed by atoms with Gasteiger partial charge in [0.15, 0.2) is 0 Å². The molecule has 0 atom stereocenters. The van der Waals surface area contributed by atoms with Crippen LogP contribution in [0.2, 0.25) is 0 Å². The van der Waals surface area contributed by atoms with Gasteiger partial charge in [-0.15, -0.1) is 5.10 Å². The molecule has 0 aliphatic rings. The van der Waals surface area contributed by atoms with Gasteiger partial charge in [-0.3, -0.25) is 4.79 Å². The zero-order valence-electron chi connectivity index (χ0n) is 17.0. The molecule has 4 aromatic rings. The molecule has 2 heterocycles. The van der Waals surface area contributed by atoms with E-state index in [2.05, 4.69) is 26.9 Å². The maximum atomic E-state index is 11.4. The molecule has 0 aliphatic carbocycles. The van der Waals surface area contributed by atoms with Crippen LogP contribution in [0.1, 0.15) is 29.3 Å². The summed E-state index contributed by atoms with van der Waals surface area (Å²) in [6.07, 6.45) is 1.71. The Balaban J connectivity index is 1.77. The van der Waals surface area contributed by atoms with Crippen molar-refractivity contribution in [3.05, 3.63) is 89.2 Å². The number of fused-ring (bicyclic) bond motifs is 1. The summed E-state index contributed by atoms with van der Waals surface area (Å²) >= 11 is 0. The van der Waals surface area contributed by atoms with E-state index in [1.54, 1.807) is 6.20 Å². The van der Waals surface area contributed by atoms with Gasteiger partial charge < -0.3 is 14.0 Å². The number of rotatable bonds is 7. The number of esters is 1. The first-order chi connectivity index (χ1) is 14.6. The van der Waals surface area contributed by atoms with Crippen molar-refractivity contribution < 1.29 is 14.3 Å². The first kappa shape index (κ1) is 19.6. The molecule has 152 valence electrons. The Morgan fingerprint density at radius 1 is 0.967 bits per heavy atom. The Morgan fingerprint density at radius 3 is 2.30 bits per heavy atom. The number of aromatic nitrogens is 3. The van der Waals surface area contributed by atoms with Gasteiger partial charge in [-0.05, 0) is 18.1 Å². The number of carbonyl (C=O) groups is 1. The third kappa shape index (κ3) is 4.17. The molecule has 6 nitrogen and oxygen atoms in total. The normalized spacial score (nSPS) is 10.9. The molecule has 0 amide bonds. The molecule has 6 heteroatoms. The van der Waals surface area contributed by atoms with Gasteiger partial charge in [0, 0.05) is 30.1 Å². The van der Waals surface area contributed by atoms with E-state index >= 15 is 0 Å². The van der Waals surface area contributed by atoms with Crippen LogP contribution in [0, 0.1) is 6.92 Å². The fourth-order valence-electron chi connectivity index (χ4n) is 3.51. The highest BCUT2D eigenvalue weighted by atomic mass is 16.5. The number of hydrogen-bond acceptors (Lipinski definition) is 5. The van der Waals surface area contributed by atoms with Crippen LogP contribution in [0.4, 0.5) is 0 Å². The molecule has 0 saturated carbocycles. The minimum absolute atomic E-state index is 0.184. The van der Waals surface area contributed by atoms with Crippen molar-refractivity contribution in [1.29, 1.82) is 0 Å². The van der Waals surface area contributed by atoms with E-state index in [4.69, 9.17) is 9.47 Å². The Morgan fingerprint density at radius 2 is 1.63 bits per heavy atom. The lowest BCUT2D eigenvalue weighted by molar-refractivity contribution is -0.142. The van der Waals surface area contributed by atoms with Gasteiger partial charge in [0.1, 0.15) is 18.7 Å². The summed E-state index contributed by atoms with van der Waals surface area (Å²) in [6, 6.07) is 20.1. The van der Waals surface area contributed by atoms with Crippen LogP contribution in [0.5, 0.6) is 5.88 Å². The SMILES string of the molecule is CC(=O)OCc1c(C)n(Cc2ccccc2)c2c(OCc3ccccc3)nncc12. The maximum Gasteiger partial charge on any atom is 0.302 e. The van der Waals surface area contributed by atoms with Crippen LogP contribution in [-0.2, 0) is 29.3 Å². The quantitative estimate of drug-likeness (QED) is 0.429. The summed E-state index contributed by atoms with van der Waals surface area (Å²) in [7, 11) is 0. The van der Waals surface area contributed by atoms with Crippen molar-refractivity contribution in [2.24, 2.45) is 0 Å². The van der Waals surface area contributed by atoms with E-state index in [9.17, 15) is 4.79 Å². The zero-order valence-corrected chi connectivity index (χ0v) is 17.0. The van der Waals surface area contributed by atoms with E-state index in [1.807, 2.05) is 55.5 Å². The van der Waals surface area contributed by atoms with Gasteiger partial charge in [0.25, 0.3) is 5.88 Å². The number of ether oxygens (including phenoxy) is 2. The standard InChI is InChI=1S/C24H23N3O3/c1-17-22(16-29-18(2)28)21-13-25-26-24(30-15-20-11-7-4-8-12-20)23(21)27(17)14-19-9-5-3-6-10-19/h3-13H,14-16H2,1-2H3. The largest absolute Gasteiger partial charge is 0.470 e. The van der Waals surface area contributed by atoms with Gasteiger partial charge in [-0.25, -0.2) is 0 Å². The minimum Gasteiger partial charge on any atom is -0.470 e. The molecule has 0 bridgehead atoms. The fraction of sp³-hybridized carbons (Fsp3) is 0.208. The second kappa shape index (κ2) is 8.78. The number of benzene rings is 2. The highest BCUT2D eigenvalue weighted by Crippen LogP contribution is 2.32. The van der Waals surface area contributed by atoms with Crippen LogP contribution in [0.25, 0.3) is 10.9 Å². The summed E-state index contributed by atoms with van der Waals surface area (Å²) in [5.41, 5.74) is 4.96. The maximum absolute atomic E-state index is 11.4. The molecule has 0 spiro atoms. The zero-order chi connectivity index (χ0) is 20.9. The first-order valence-corrected chi connectivity index (χ1v) is 9.81. The topological polar surface area (TPSA) is 66.2 Å². The fourth-order valence-corrected chi connectivity index (χ4v) is 3.51. The van der Waals surface area contributed by atoms with E-state index in [1.165, 1.54) is 6.92 Å². The molecule has 0 aliphatic heterocycles. The average molecular weight is 401 g/mol. The average Bonchev–Trinajstić information content (AvgIpc) is 3.03. The Bertz CT molecular complexity index is 1150. The minimum atomic E-state index is -0.319. The van der Waals surface area contributed by atoms with Crippen molar-refractivity contribution >= 4 is 16.9 Å². The van der Waals surface area contributed by atoms with Crippen LogP contribution in [0.3, 0.4) is 0 Å². The van der Waals surface area contributed by atoms with Crippen molar-refractivity contribution in [3.63, 3.8) is 0 Å². The van der Waals surface area contributed by atoms with Gasteiger partial charge in [0.2, 0.25) is 0 Å². The molecule has 4 rings (SSSR count). The molecule has 0 saturated heterocycles. The lowest BCUT2D eigenvalue weighted by atomic mass is 10.2. The van der Waals surface area contributed by atoms with Crippen molar-refractivity contribution in [2.75, 3.05) is 0 Å². The second-order valence-corrected chi connectivity index (χ2v) is 7.10. The van der Waals surface area contributed by atoms with Crippen LogP contribution in [0.15, 0.2) is 66.9 Å². The lowest BCUT2D eigenvalue weighted by Gasteiger charge is -2.12. The highest BCUT2D eigenvalue weighted by molar-refractivity contribution is 5.88. The smallest absolute Gasteiger partial charge is 0.302 e. The third-order valence-electron chi connectivity index (χ3n) is 5.05. The van der Waals surface area contributed by atoms with Gasteiger partial charge in [0.05, 0.1) is 6.20 Å². The Labute approximate surface area is 175 Å². The van der Waals surface area contributed by atoms with Crippen LogP contribution < -0.4 is 4.74 Å². The molecule has 2 aromatic heterocycles. The molecular weight excluding hydrogens is 378 g/mol. The third-order valence-corrected chi connectivity index (χ3v) is 5.05. The Hall–Kier alpha value is -3.67. The predicted octanol–water partition coefficient (Wildman–Crippen LogP) is 4.43. The molecule has 0 N–H and O–H groups in total. The molecule has 30 heavy (non-hydrogen) atoms. The Kier molecular flexibility index (Phi) is 5.75. The molecular formula is C24H23N3O3. The molecule has 0 radical (unpaired) electrons. The summed E-state index contributed by atoms with van der Waals surface area (Å²) in [5, 5.41) is 9.30. The van der Waals surface area contributed by atoms with E-state index in [-0.39, 0.29) is 12.6 Å². The van der Waals surface area contributed by atoms with E-state index < -0.39 is 0 Å². The monoisotopic (exact) mass is 401 g/mol. The molecule has 2 aromatic carbocycles. The summed E-state index contributed by atoms with van der Waals surface area (Å²) in [4.78, 5) is 11.4. The summed E-state index contributed by atoms with van der Waals surface area (Å²) in [5.74, 6) is 0.144. The number of carbonyl (C=O) groups excluding carboxylic acids is 1. The van der Waals surface area contributed by atoms with Gasteiger partial charge >= 0.3 is 5.97 Å². The van der Waals surface area contributed by atoms with Gasteiger partial charge in [-0.2, -0.15) is 5.10 Å². The van der Waals surface area contributed by atoms with Crippen LogP contribution in [-0.4, -0.2) is 20.7 Å². The van der Waals surface area contributed by atoms with E-state index in [0.29, 0.717) is 19.0 Å². The van der Waals surface area contributed by atoms with Crippen molar-refractivity contribution in [2.45, 2.75) is 33.6 Å². The number of hydrogen-bond donors (Lipinski definition) is 0. The molecule has 0 unspecified atom stereocenters.